The minimum atomic E-state index is -0.587. The van der Waals surface area contributed by atoms with Crippen LogP contribution in [0.5, 0.6) is 5.75 Å². The van der Waals surface area contributed by atoms with E-state index in [1.807, 2.05) is 18.2 Å². The second kappa shape index (κ2) is 7.74. The maximum absolute atomic E-state index is 13.5. The third-order valence-electron chi connectivity index (χ3n) is 3.10. The van der Waals surface area contributed by atoms with Crippen LogP contribution in [0.1, 0.15) is 24.5 Å². The lowest BCUT2D eigenvalue weighted by Crippen LogP contribution is -2.13. The van der Waals surface area contributed by atoms with Crippen LogP contribution < -0.4 is 10.1 Å². The third-order valence-corrected chi connectivity index (χ3v) is 3.10. The Labute approximate surface area is 123 Å². The molecule has 112 valence electrons. The summed E-state index contributed by atoms with van der Waals surface area (Å²) in [6, 6.07) is 11.3. The van der Waals surface area contributed by atoms with Gasteiger partial charge in [-0.25, -0.2) is 8.78 Å². The molecule has 0 unspecified atom stereocenters. The largest absolute Gasteiger partial charge is 0.489 e. The molecule has 2 aromatic rings. The van der Waals surface area contributed by atoms with Crippen molar-refractivity contribution in [3.05, 3.63) is 65.2 Å². The number of halogens is 2. The molecule has 2 rings (SSSR count). The van der Waals surface area contributed by atoms with Gasteiger partial charge >= 0.3 is 0 Å². The van der Waals surface area contributed by atoms with Crippen molar-refractivity contribution >= 4 is 0 Å². The fourth-order valence-electron chi connectivity index (χ4n) is 1.98. The predicted octanol–water partition coefficient (Wildman–Crippen LogP) is 4.04. The van der Waals surface area contributed by atoms with E-state index in [-0.39, 0.29) is 12.2 Å². The zero-order chi connectivity index (χ0) is 15.1. The van der Waals surface area contributed by atoms with Gasteiger partial charge in [-0.3, -0.25) is 0 Å². The fourth-order valence-corrected chi connectivity index (χ4v) is 1.98. The normalized spacial score (nSPS) is 10.6. The van der Waals surface area contributed by atoms with Gasteiger partial charge in [0, 0.05) is 6.54 Å². The number of nitrogens with one attached hydrogen (secondary N) is 1. The van der Waals surface area contributed by atoms with Gasteiger partial charge in [0.2, 0.25) is 0 Å². The molecule has 0 aliphatic rings. The van der Waals surface area contributed by atoms with Crippen LogP contribution in [0.2, 0.25) is 0 Å². The van der Waals surface area contributed by atoms with Crippen molar-refractivity contribution in [1.82, 2.24) is 5.32 Å². The summed E-state index contributed by atoms with van der Waals surface area (Å²) in [5.41, 5.74) is 1.03. The molecular weight excluding hydrogens is 272 g/mol. The maximum Gasteiger partial charge on any atom is 0.132 e. The van der Waals surface area contributed by atoms with Crippen LogP contribution in [-0.4, -0.2) is 6.54 Å². The molecule has 0 aliphatic heterocycles. The first-order valence-corrected chi connectivity index (χ1v) is 7.06. The molecule has 0 spiro atoms. The first kappa shape index (κ1) is 15.4. The molecule has 0 bridgehead atoms. The summed E-state index contributed by atoms with van der Waals surface area (Å²) in [4.78, 5) is 0. The summed E-state index contributed by atoms with van der Waals surface area (Å²) in [7, 11) is 0. The van der Waals surface area contributed by atoms with Gasteiger partial charge in [-0.05, 0) is 42.8 Å². The molecule has 0 saturated carbocycles. The highest BCUT2D eigenvalue weighted by Gasteiger charge is 2.09. The second-order valence-electron chi connectivity index (χ2n) is 4.81. The molecule has 1 N–H and O–H groups in total. The van der Waals surface area contributed by atoms with Gasteiger partial charge in [-0.2, -0.15) is 0 Å². The highest BCUT2D eigenvalue weighted by molar-refractivity contribution is 5.29. The molecule has 0 atom stereocenters. The highest BCUT2D eigenvalue weighted by Crippen LogP contribution is 2.18. The Morgan fingerprint density at radius 2 is 1.76 bits per heavy atom. The monoisotopic (exact) mass is 291 g/mol. The minimum Gasteiger partial charge on any atom is -0.489 e. The summed E-state index contributed by atoms with van der Waals surface area (Å²) in [5, 5.41) is 3.30. The SMILES string of the molecule is CCCNCc1cccc(OCc2c(F)cccc2F)c1. The van der Waals surface area contributed by atoms with E-state index in [9.17, 15) is 8.78 Å². The highest BCUT2D eigenvalue weighted by atomic mass is 19.1. The molecule has 0 heterocycles. The third kappa shape index (κ3) is 4.53. The molecule has 0 amide bonds. The van der Waals surface area contributed by atoms with Crippen LogP contribution in [-0.2, 0) is 13.2 Å². The molecule has 0 aliphatic carbocycles. The Hall–Kier alpha value is -1.94. The van der Waals surface area contributed by atoms with E-state index in [1.165, 1.54) is 18.2 Å². The second-order valence-corrected chi connectivity index (χ2v) is 4.81. The van der Waals surface area contributed by atoms with Crippen LogP contribution in [0.4, 0.5) is 8.78 Å². The van der Waals surface area contributed by atoms with Gasteiger partial charge in [0.15, 0.2) is 0 Å². The molecule has 0 saturated heterocycles. The lowest BCUT2D eigenvalue weighted by atomic mass is 10.2. The van der Waals surface area contributed by atoms with Gasteiger partial charge in [0.25, 0.3) is 0 Å². The summed E-state index contributed by atoms with van der Waals surface area (Å²) in [5.74, 6) is -0.569. The quantitative estimate of drug-likeness (QED) is 0.777. The lowest BCUT2D eigenvalue weighted by Gasteiger charge is -2.10. The van der Waals surface area contributed by atoms with Crippen molar-refractivity contribution < 1.29 is 13.5 Å². The van der Waals surface area contributed by atoms with E-state index in [0.29, 0.717) is 5.75 Å². The van der Waals surface area contributed by atoms with Crippen LogP contribution >= 0.6 is 0 Å². The Balaban J connectivity index is 1.98. The number of ether oxygens (including phenoxy) is 1. The molecular formula is C17H19F2NO. The van der Waals surface area contributed by atoms with Crippen molar-refractivity contribution in [3.8, 4) is 5.75 Å². The average molecular weight is 291 g/mol. The van der Waals surface area contributed by atoms with Gasteiger partial charge in [0.05, 0.1) is 5.56 Å². The minimum absolute atomic E-state index is 0.0491. The van der Waals surface area contributed by atoms with Crippen molar-refractivity contribution in [2.45, 2.75) is 26.5 Å². The van der Waals surface area contributed by atoms with Crippen LogP contribution in [0.15, 0.2) is 42.5 Å². The topological polar surface area (TPSA) is 21.3 Å². The maximum atomic E-state index is 13.5. The van der Waals surface area contributed by atoms with E-state index in [0.717, 1.165) is 25.1 Å². The average Bonchev–Trinajstić information content (AvgIpc) is 2.47. The molecule has 2 aromatic carbocycles. The Morgan fingerprint density at radius 1 is 1.05 bits per heavy atom. The first-order chi connectivity index (χ1) is 10.2. The van der Waals surface area contributed by atoms with Crippen LogP contribution in [0.3, 0.4) is 0 Å². The van der Waals surface area contributed by atoms with E-state index < -0.39 is 11.6 Å². The van der Waals surface area contributed by atoms with Gasteiger partial charge in [-0.15, -0.1) is 0 Å². The number of rotatable bonds is 7. The van der Waals surface area contributed by atoms with E-state index in [1.54, 1.807) is 6.07 Å². The van der Waals surface area contributed by atoms with E-state index >= 15 is 0 Å². The fraction of sp³-hybridized carbons (Fsp3) is 0.294. The Kier molecular flexibility index (Phi) is 5.69. The summed E-state index contributed by atoms with van der Waals surface area (Å²) < 4.78 is 32.5. The Bertz CT molecular complexity index is 567. The zero-order valence-corrected chi connectivity index (χ0v) is 12.0. The zero-order valence-electron chi connectivity index (χ0n) is 12.0. The van der Waals surface area contributed by atoms with Gasteiger partial charge in [-0.1, -0.05) is 25.1 Å². The van der Waals surface area contributed by atoms with Crippen molar-refractivity contribution in [1.29, 1.82) is 0 Å². The summed E-state index contributed by atoms with van der Waals surface area (Å²) >= 11 is 0. The molecule has 0 radical (unpaired) electrons. The van der Waals surface area contributed by atoms with Gasteiger partial charge < -0.3 is 10.1 Å². The number of benzene rings is 2. The van der Waals surface area contributed by atoms with Crippen molar-refractivity contribution in [2.24, 2.45) is 0 Å². The molecule has 2 nitrogen and oxygen atoms in total. The van der Waals surface area contributed by atoms with Crippen molar-refractivity contribution in [3.63, 3.8) is 0 Å². The summed E-state index contributed by atoms with van der Waals surface area (Å²) in [6.45, 7) is 3.68. The smallest absolute Gasteiger partial charge is 0.132 e. The summed E-state index contributed by atoms with van der Waals surface area (Å²) in [6.07, 6.45) is 1.07. The van der Waals surface area contributed by atoms with Crippen LogP contribution in [0, 0.1) is 11.6 Å². The van der Waals surface area contributed by atoms with E-state index in [2.05, 4.69) is 12.2 Å². The first-order valence-electron chi connectivity index (χ1n) is 7.06. The Morgan fingerprint density at radius 3 is 2.48 bits per heavy atom. The predicted molar refractivity (Wildman–Crippen MR) is 79.1 cm³/mol. The molecule has 0 aromatic heterocycles. The van der Waals surface area contributed by atoms with Crippen molar-refractivity contribution in [2.75, 3.05) is 6.54 Å². The lowest BCUT2D eigenvalue weighted by molar-refractivity contribution is 0.292. The number of hydrogen-bond donors (Lipinski definition) is 1. The molecule has 0 fully saturated rings. The molecule has 4 heteroatoms. The van der Waals surface area contributed by atoms with Crippen LogP contribution in [0.25, 0.3) is 0 Å². The van der Waals surface area contributed by atoms with Gasteiger partial charge in [0.1, 0.15) is 24.0 Å². The standard InChI is InChI=1S/C17H19F2NO/c1-2-9-20-11-13-5-3-6-14(10-13)21-12-15-16(18)7-4-8-17(15)19/h3-8,10,20H,2,9,11-12H2,1H3. The van der Waals surface area contributed by atoms with E-state index in [4.69, 9.17) is 4.74 Å². The number of hydrogen-bond acceptors (Lipinski definition) is 2. The molecule has 21 heavy (non-hydrogen) atoms.